The van der Waals surface area contributed by atoms with E-state index in [9.17, 15) is 4.79 Å². The third kappa shape index (κ3) is 4.88. The van der Waals surface area contributed by atoms with E-state index in [4.69, 9.17) is 10.8 Å². The largest absolute Gasteiger partial charge is 0.393 e. The lowest BCUT2D eigenvalue weighted by molar-refractivity contribution is -0.126. The molecule has 0 spiro atoms. The van der Waals surface area contributed by atoms with Crippen LogP contribution in [0.25, 0.3) is 0 Å². The maximum atomic E-state index is 11.0. The van der Waals surface area contributed by atoms with Crippen LogP contribution in [0.4, 0.5) is 0 Å². The van der Waals surface area contributed by atoms with Crippen LogP contribution in [0.2, 0.25) is 0 Å². The molecule has 0 aromatic heterocycles. The molecule has 3 heteroatoms. The van der Waals surface area contributed by atoms with Crippen LogP contribution in [0.15, 0.2) is 0 Å². The summed E-state index contributed by atoms with van der Waals surface area (Å²) in [4.78, 5) is 11.0. The molecule has 3 nitrogen and oxygen atoms in total. The first kappa shape index (κ1) is 12.4. The molecule has 13 heavy (non-hydrogen) atoms. The summed E-state index contributed by atoms with van der Waals surface area (Å²) in [6.07, 6.45) is 1.14. The number of carbonyl (C=O) groups excluding carboxylic acids is 1. The molecule has 0 rings (SSSR count). The van der Waals surface area contributed by atoms with E-state index in [1.165, 1.54) is 0 Å². The predicted molar refractivity (Wildman–Crippen MR) is 53.1 cm³/mol. The van der Waals surface area contributed by atoms with Gasteiger partial charge in [-0.2, -0.15) is 0 Å². The summed E-state index contributed by atoms with van der Waals surface area (Å²) in [6, 6.07) is 0. The zero-order valence-corrected chi connectivity index (χ0v) is 9.00. The number of carbonyl (C=O) groups is 1. The molecule has 0 fully saturated rings. The number of amides is 1. The second-order valence-corrected chi connectivity index (χ2v) is 4.64. The lowest BCUT2D eigenvalue weighted by Crippen LogP contribution is -2.33. The second kappa shape index (κ2) is 4.61. The van der Waals surface area contributed by atoms with Crippen molar-refractivity contribution in [2.24, 2.45) is 17.1 Å². The molecule has 3 N–H and O–H groups in total. The Morgan fingerprint density at radius 1 is 1.46 bits per heavy atom. The average molecular weight is 187 g/mol. The van der Waals surface area contributed by atoms with Crippen LogP contribution in [0, 0.1) is 11.3 Å². The van der Waals surface area contributed by atoms with Gasteiger partial charge >= 0.3 is 0 Å². The molecule has 0 unspecified atom stereocenters. The lowest BCUT2D eigenvalue weighted by atomic mass is 9.81. The zero-order valence-electron chi connectivity index (χ0n) is 9.00. The molecule has 1 amide bonds. The van der Waals surface area contributed by atoms with Crippen LogP contribution in [-0.2, 0) is 4.79 Å². The molecular weight excluding hydrogens is 166 g/mol. The number of rotatable bonds is 5. The highest BCUT2D eigenvalue weighted by Gasteiger charge is 2.27. The van der Waals surface area contributed by atoms with Crippen LogP contribution in [0.5, 0.6) is 0 Å². The highest BCUT2D eigenvalue weighted by Crippen LogP contribution is 2.27. The van der Waals surface area contributed by atoms with Crippen molar-refractivity contribution in [2.45, 2.75) is 46.6 Å². The Balaban J connectivity index is 4.04. The van der Waals surface area contributed by atoms with Gasteiger partial charge in [-0.05, 0) is 25.7 Å². The van der Waals surface area contributed by atoms with E-state index < -0.39 is 5.41 Å². The van der Waals surface area contributed by atoms with E-state index in [0.29, 0.717) is 5.92 Å². The Kier molecular flexibility index (Phi) is 4.40. The molecule has 0 aromatic rings. The molecule has 0 aliphatic carbocycles. The van der Waals surface area contributed by atoms with E-state index in [1.807, 2.05) is 20.8 Å². The Bertz CT molecular complexity index is 176. The first-order chi connectivity index (χ1) is 5.75. The number of primary amides is 1. The topological polar surface area (TPSA) is 63.3 Å². The van der Waals surface area contributed by atoms with Gasteiger partial charge in [0.05, 0.1) is 6.10 Å². The fraction of sp³-hybridized carbons (Fsp3) is 0.900. The predicted octanol–water partition coefficient (Wildman–Crippen LogP) is 1.29. The molecular formula is C10H21NO2. The molecule has 0 aliphatic rings. The summed E-state index contributed by atoms with van der Waals surface area (Å²) >= 11 is 0. The lowest BCUT2D eigenvalue weighted by Gasteiger charge is -2.25. The summed E-state index contributed by atoms with van der Waals surface area (Å²) in [7, 11) is 0. The Labute approximate surface area is 80.3 Å². The molecule has 0 bridgehead atoms. The van der Waals surface area contributed by atoms with Crippen LogP contribution in [0.3, 0.4) is 0 Å². The van der Waals surface area contributed by atoms with Crippen LogP contribution >= 0.6 is 0 Å². The highest BCUT2D eigenvalue weighted by molar-refractivity contribution is 5.79. The monoisotopic (exact) mass is 187 g/mol. The molecule has 0 saturated carbocycles. The minimum absolute atomic E-state index is 0.273. The van der Waals surface area contributed by atoms with Crippen molar-refractivity contribution < 1.29 is 9.90 Å². The summed E-state index contributed by atoms with van der Waals surface area (Å²) in [5.74, 6) is 0.0486. The van der Waals surface area contributed by atoms with Crippen LogP contribution in [-0.4, -0.2) is 17.1 Å². The summed E-state index contributed by atoms with van der Waals surface area (Å²) < 4.78 is 0. The fourth-order valence-electron chi connectivity index (χ4n) is 1.64. The Morgan fingerprint density at radius 2 is 1.92 bits per heavy atom. The van der Waals surface area contributed by atoms with Gasteiger partial charge in [0.1, 0.15) is 0 Å². The first-order valence-corrected chi connectivity index (χ1v) is 4.73. The summed E-state index contributed by atoms with van der Waals surface area (Å²) in [5.41, 5.74) is 4.78. The van der Waals surface area contributed by atoms with Crippen molar-refractivity contribution in [2.75, 3.05) is 0 Å². The van der Waals surface area contributed by atoms with Gasteiger partial charge in [-0.15, -0.1) is 0 Å². The van der Waals surface area contributed by atoms with Gasteiger partial charge in [0.2, 0.25) is 5.91 Å². The van der Waals surface area contributed by atoms with Crippen molar-refractivity contribution in [1.82, 2.24) is 0 Å². The van der Waals surface area contributed by atoms with Gasteiger partial charge < -0.3 is 10.8 Å². The Hall–Kier alpha value is -0.570. The SMILES string of the molecule is C[C@H](C[C@H](C)O)CC(C)(C)C(N)=O. The second-order valence-electron chi connectivity index (χ2n) is 4.64. The number of nitrogens with two attached hydrogens (primary N) is 1. The maximum absolute atomic E-state index is 11.0. The summed E-state index contributed by atoms with van der Waals surface area (Å²) in [5, 5.41) is 9.14. The number of aliphatic hydroxyl groups excluding tert-OH is 1. The number of hydrogen-bond donors (Lipinski definition) is 2. The Morgan fingerprint density at radius 3 is 2.23 bits per heavy atom. The van der Waals surface area contributed by atoms with Crippen molar-refractivity contribution >= 4 is 5.91 Å². The van der Waals surface area contributed by atoms with Crippen LogP contribution < -0.4 is 5.73 Å². The van der Waals surface area contributed by atoms with E-state index in [-0.39, 0.29) is 12.0 Å². The molecule has 0 aliphatic heterocycles. The highest BCUT2D eigenvalue weighted by atomic mass is 16.3. The minimum atomic E-state index is -0.464. The molecule has 0 saturated heterocycles. The molecule has 0 aromatic carbocycles. The number of aliphatic hydroxyl groups is 1. The normalized spacial score (nSPS) is 16.7. The first-order valence-electron chi connectivity index (χ1n) is 4.73. The zero-order chi connectivity index (χ0) is 10.6. The maximum Gasteiger partial charge on any atom is 0.223 e. The van der Waals surface area contributed by atoms with Gasteiger partial charge in [0, 0.05) is 5.41 Å². The van der Waals surface area contributed by atoms with E-state index >= 15 is 0 Å². The van der Waals surface area contributed by atoms with E-state index in [2.05, 4.69) is 0 Å². The summed E-state index contributed by atoms with van der Waals surface area (Å²) in [6.45, 7) is 7.47. The van der Waals surface area contributed by atoms with Crippen LogP contribution in [0.1, 0.15) is 40.5 Å². The van der Waals surface area contributed by atoms with Crippen molar-refractivity contribution in [3.63, 3.8) is 0 Å². The number of hydrogen-bond acceptors (Lipinski definition) is 2. The fourth-order valence-corrected chi connectivity index (χ4v) is 1.64. The van der Waals surface area contributed by atoms with Crippen molar-refractivity contribution in [1.29, 1.82) is 0 Å². The molecule has 2 atom stereocenters. The van der Waals surface area contributed by atoms with Gasteiger partial charge in [0.15, 0.2) is 0 Å². The van der Waals surface area contributed by atoms with Crippen molar-refractivity contribution in [3.05, 3.63) is 0 Å². The van der Waals surface area contributed by atoms with Gasteiger partial charge in [-0.3, -0.25) is 4.79 Å². The quantitative estimate of drug-likeness (QED) is 0.681. The third-order valence-electron chi connectivity index (χ3n) is 2.27. The van der Waals surface area contributed by atoms with Gasteiger partial charge in [-0.25, -0.2) is 0 Å². The third-order valence-corrected chi connectivity index (χ3v) is 2.27. The van der Waals surface area contributed by atoms with Gasteiger partial charge in [0.25, 0.3) is 0 Å². The minimum Gasteiger partial charge on any atom is -0.393 e. The van der Waals surface area contributed by atoms with E-state index in [1.54, 1.807) is 6.92 Å². The molecule has 78 valence electrons. The molecule has 0 heterocycles. The standard InChI is InChI=1S/C10H21NO2/c1-7(5-8(2)12)6-10(3,4)9(11)13/h7-8,12H,5-6H2,1-4H3,(H2,11,13)/t7-,8+/m1/s1. The molecule has 0 radical (unpaired) electrons. The smallest absolute Gasteiger partial charge is 0.223 e. The average Bonchev–Trinajstić information content (AvgIpc) is 1.82. The van der Waals surface area contributed by atoms with E-state index in [0.717, 1.165) is 12.8 Å². The van der Waals surface area contributed by atoms with Crippen molar-refractivity contribution in [3.8, 4) is 0 Å². The van der Waals surface area contributed by atoms with Gasteiger partial charge in [-0.1, -0.05) is 20.8 Å².